The fraction of sp³-hybridized carbons (Fsp3) is 0.500. The summed E-state index contributed by atoms with van der Waals surface area (Å²) >= 11 is 0. The van der Waals surface area contributed by atoms with Gasteiger partial charge in [-0.2, -0.15) is 0 Å². The summed E-state index contributed by atoms with van der Waals surface area (Å²) in [6.45, 7) is 1.40. The lowest BCUT2D eigenvalue weighted by atomic mass is 10.1. The number of rotatable bonds is 7. The van der Waals surface area contributed by atoms with Crippen molar-refractivity contribution in [3.63, 3.8) is 0 Å². The normalized spacial score (nSPS) is 15.0. The Morgan fingerprint density at radius 1 is 1.39 bits per heavy atom. The van der Waals surface area contributed by atoms with Crippen LogP contribution in [0.3, 0.4) is 0 Å². The zero-order valence-electron chi connectivity index (χ0n) is 10.3. The van der Waals surface area contributed by atoms with Crippen LogP contribution in [0.4, 0.5) is 4.39 Å². The van der Waals surface area contributed by atoms with Gasteiger partial charge >= 0.3 is 5.97 Å². The van der Waals surface area contributed by atoms with E-state index in [-0.39, 0.29) is 12.2 Å². The number of carboxylic acids is 1. The summed E-state index contributed by atoms with van der Waals surface area (Å²) in [7, 11) is 0. The molecule has 1 aromatic carbocycles. The van der Waals surface area contributed by atoms with Crippen molar-refractivity contribution in [2.45, 2.75) is 31.7 Å². The predicted octanol–water partition coefficient (Wildman–Crippen LogP) is 2.31. The van der Waals surface area contributed by atoms with Crippen LogP contribution in [0.15, 0.2) is 24.3 Å². The molecular weight excluding hydrogens is 233 g/mol. The van der Waals surface area contributed by atoms with Crippen molar-refractivity contribution in [2.24, 2.45) is 0 Å². The number of hydrogen-bond acceptors (Lipinski definition) is 2. The van der Waals surface area contributed by atoms with Crippen molar-refractivity contribution in [2.75, 3.05) is 13.1 Å². The maximum Gasteiger partial charge on any atom is 0.304 e. The van der Waals surface area contributed by atoms with Crippen LogP contribution in [0.2, 0.25) is 0 Å². The molecule has 1 aliphatic rings. The summed E-state index contributed by atoms with van der Waals surface area (Å²) < 4.78 is 13.0. The molecule has 0 aromatic heterocycles. The summed E-state index contributed by atoms with van der Waals surface area (Å²) in [5, 5.41) is 8.71. The molecule has 0 heterocycles. The molecule has 0 aliphatic heterocycles. The smallest absolute Gasteiger partial charge is 0.304 e. The zero-order valence-corrected chi connectivity index (χ0v) is 10.3. The van der Waals surface area contributed by atoms with Gasteiger partial charge in [0.1, 0.15) is 5.82 Å². The van der Waals surface area contributed by atoms with Crippen molar-refractivity contribution >= 4 is 5.97 Å². The van der Waals surface area contributed by atoms with E-state index < -0.39 is 5.97 Å². The largest absolute Gasteiger partial charge is 0.481 e. The highest BCUT2D eigenvalue weighted by Gasteiger charge is 2.28. The van der Waals surface area contributed by atoms with E-state index >= 15 is 0 Å². The van der Waals surface area contributed by atoms with Crippen molar-refractivity contribution in [1.82, 2.24) is 4.90 Å². The van der Waals surface area contributed by atoms with Crippen molar-refractivity contribution in [1.29, 1.82) is 0 Å². The molecule has 0 amide bonds. The number of benzene rings is 1. The third-order valence-corrected chi connectivity index (χ3v) is 3.25. The van der Waals surface area contributed by atoms with E-state index in [2.05, 4.69) is 4.90 Å². The molecular formula is C14H18FNO2. The molecule has 0 bridgehead atoms. The van der Waals surface area contributed by atoms with Crippen molar-refractivity contribution in [3.8, 4) is 0 Å². The molecule has 1 aliphatic carbocycles. The van der Waals surface area contributed by atoms with E-state index in [1.54, 1.807) is 12.1 Å². The van der Waals surface area contributed by atoms with Crippen LogP contribution in [-0.4, -0.2) is 35.1 Å². The molecule has 0 saturated heterocycles. The van der Waals surface area contributed by atoms with Gasteiger partial charge < -0.3 is 5.11 Å². The summed E-state index contributed by atoms with van der Waals surface area (Å²) in [6.07, 6.45) is 3.26. The lowest BCUT2D eigenvalue weighted by molar-refractivity contribution is -0.137. The number of carboxylic acid groups (broad SMARTS) is 1. The second kappa shape index (κ2) is 5.96. The van der Waals surface area contributed by atoms with E-state index in [0.717, 1.165) is 31.4 Å². The molecule has 1 N–H and O–H groups in total. The van der Waals surface area contributed by atoms with Crippen LogP contribution in [-0.2, 0) is 11.2 Å². The maximum absolute atomic E-state index is 13.0. The Kier molecular flexibility index (Phi) is 4.31. The first-order valence-corrected chi connectivity index (χ1v) is 6.35. The molecule has 4 heteroatoms. The fourth-order valence-electron chi connectivity index (χ4n) is 2.12. The Labute approximate surface area is 106 Å². The average Bonchev–Trinajstić information content (AvgIpc) is 3.13. The Hall–Kier alpha value is -1.42. The van der Waals surface area contributed by atoms with Gasteiger partial charge in [0, 0.05) is 19.1 Å². The Balaban J connectivity index is 1.83. The Morgan fingerprint density at radius 2 is 2.17 bits per heavy atom. The molecule has 1 aromatic rings. The van der Waals surface area contributed by atoms with Crippen LogP contribution in [0, 0.1) is 5.82 Å². The molecule has 0 spiro atoms. The highest BCUT2D eigenvalue weighted by Crippen LogP contribution is 2.27. The quantitative estimate of drug-likeness (QED) is 0.808. The van der Waals surface area contributed by atoms with Crippen molar-refractivity contribution < 1.29 is 14.3 Å². The highest BCUT2D eigenvalue weighted by molar-refractivity contribution is 5.66. The number of halogens is 1. The minimum Gasteiger partial charge on any atom is -0.481 e. The summed E-state index contributed by atoms with van der Waals surface area (Å²) in [6, 6.07) is 7.14. The molecule has 0 radical (unpaired) electrons. The van der Waals surface area contributed by atoms with Crippen LogP contribution < -0.4 is 0 Å². The van der Waals surface area contributed by atoms with Gasteiger partial charge in [-0.25, -0.2) is 4.39 Å². The topological polar surface area (TPSA) is 40.5 Å². The predicted molar refractivity (Wildman–Crippen MR) is 67.0 cm³/mol. The first kappa shape index (κ1) is 13.0. The second-order valence-corrected chi connectivity index (χ2v) is 4.79. The van der Waals surface area contributed by atoms with Gasteiger partial charge in [-0.1, -0.05) is 12.1 Å². The Morgan fingerprint density at radius 3 is 2.78 bits per heavy atom. The third kappa shape index (κ3) is 4.11. The molecule has 2 rings (SSSR count). The van der Waals surface area contributed by atoms with Gasteiger partial charge in [0.2, 0.25) is 0 Å². The van der Waals surface area contributed by atoms with Crippen LogP contribution in [0.25, 0.3) is 0 Å². The molecule has 0 unspecified atom stereocenters. The van der Waals surface area contributed by atoms with E-state index in [4.69, 9.17) is 5.11 Å². The van der Waals surface area contributed by atoms with Crippen LogP contribution >= 0.6 is 0 Å². The summed E-state index contributed by atoms with van der Waals surface area (Å²) in [5.74, 6) is -0.970. The molecule has 1 saturated carbocycles. The Bertz CT molecular complexity index is 418. The molecule has 1 fully saturated rings. The summed E-state index contributed by atoms with van der Waals surface area (Å²) in [4.78, 5) is 12.8. The molecule has 3 nitrogen and oxygen atoms in total. The van der Waals surface area contributed by atoms with Gasteiger partial charge in [-0.15, -0.1) is 0 Å². The van der Waals surface area contributed by atoms with Gasteiger partial charge in [0.15, 0.2) is 0 Å². The standard InChI is InChI=1S/C14H18FNO2/c15-12-3-1-2-11(10-12)6-8-16(13-4-5-13)9-7-14(17)18/h1-3,10,13H,4-9H2,(H,17,18). The number of carbonyl (C=O) groups is 1. The lowest BCUT2D eigenvalue weighted by Gasteiger charge is -2.20. The average molecular weight is 251 g/mol. The second-order valence-electron chi connectivity index (χ2n) is 4.79. The minimum atomic E-state index is -0.758. The SMILES string of the molecule is O=C(O)CCN(CCc1cccc(F)c1)C1CC1. The molecule has 0 atom stereocenters. The van der Waals surface area contributed by atoms with Crippen LogP contribution in [0.1, 0.15) is 24.8 Å². The van der Waals surface area contributed by atoms with E-state index in [0.29, 0.717) is 12.6 Å². The minimum absolute atomic E-state index is 0.180. The molecule has 98 valence electrons. The summed E-state index contributed by atoms with van der Waals surface area (Å²) in [5.41, 5.74) is 0.968. The first-order valence-electron chi connectivity index (χ1n) is 6.35. The third-order valence-electron chi connectivity index (χ3n) is 3.25. The monoisotopic (exact) mass is 251 g/mol. The maximum atomic E-state index is 13.0. The van der Waals surface area contributed by atoms with E-state index in [1.807, 2.05) is 6.07 Å². The zero-order chi connectivity index (χ0) is 13.0. The first-order chi connectivity index (χ1) is 8.65. The van der Waals surface area contributed by atoms with E-state index in [9.17, 15) is 9.18 Å². The van der Waals surface area contributed by atoms with Crippen LogP contribution in [0.5, 0.6) is 0 Å². The number of nitrogens with zero attached hydrogens (tertiary/aromatic N) is 1. The number of aliphatic carboxylic acids is 1. The highest BCUT2D eigenvalue weighted by atomic mass is 19.1. The molecule has 18 heavy (non-hydrogen) atoms. The number of hydrogen-bond donors (Lipinski definition) is 1. The fourth-order valence-corrected chi connectivity index (χ4v) is 2.12. The van der Waals surface area contributed by atoms with Crippen molar-refractivity contribution in [3.05, 3.63) is 35.6 Å². The lowest BCUT2D eigenvalue weighted by Crippen LogP contribution is -2.30. The van der Waals surface area contributed by atoms with Gasteiger partial charge in [0.05, 0.1) is 6.42 Å². The van der Waals surface area contributed by atoms with Gasteiger partial charge in [-0.3, -0.25) is 9.69 Å². The van der Waals surface area contributed by atoms with Gasteiger partial charge in [-0.05, 0) is 37.0 Å². The van der Waals surface area contributed by atoms with Gasteiger partial charge in [0.25, 0.3) is 0 Å². The van der Waals surface area contributed by atoms with E-state index in [1.165, 1.54) is 6.07 Å².